The molecule has 0 unspecified atom stereocenters. The first-order valence-corrected chi connectivity index (χ1v) is 5.34. The summed E-state index contributed by atoms with van der Waals surface area (Å²) in [7, 11) is 0. The summed E-state index contributed by atoms with van der Waals surface area (Å²) in [5, 5.41) is 11.5. The predicted molar refractivity (Wildman–Crippen MR) is 64.5 cm³/mol. The Kier molecular flexibility index (Phi) is 5.29. The average Bonchev–Trinajstić information content (AvgIpc) is 2.23. The number of carboxylic acid groups (broad SMARTS) is 1. The van der Waals surface area contributed by atoms with Crippen molar-refractivity contribution in [1.29, 1.82) is 0 Å². The number of aryl methyl sites for hydroxylation is 1. The van der Waals surface area contributed by atoms with Gasteiger partial charge in [-0.15, -0.1) is 0 Å². The zero-order valence-corrected chi connectivity index (χ0v) is 9.44. The fourth-order valence-electron chi connectivity index (χ4n) is 1.45. The standard InChI is InChI=1S/C13H17NO2/c1-11-4-2-5-12(10-11)7-9-14-8-3-6-13(15)16/h2-6,10,14H,7-9H2,1H3,(H,15,16)/b6-3+. The Morgan fingerprint density at radius 2 is 2.31 bits per heavy atom. The van der Waals surface area contributed by atoms with Crippen LogP contribution in [0.4, 0.5) is 0 Å². The van der Waals surface area contributed by atoms with Crippen LogP contribution in [0, 0.1) is 6.92 Å². The molecular formula is C13H17NO2. The molecule has 0 saturated heterocycles. The number of carbonyl (C=O) groups is 1. The monoisotopic (exact) mass is 219 g/mol. The summed E-state index contributed by atoms with van der Waals surface area (Å²) in [5.74, 6) is -0.902. The molecule has 1 aromatic carbocycles. The molecule has 86 valence electrons. The number of hydrogen-bond donors (Lipinski definition) is 2. The zero-order chi connectivity index (χ0) is 11.8. The minimum absolute atomic E-state index is 0.595. The van der Waals surface area contributed by atoms with Crippen LogP contribution in [-0.2, 0) is 11.2 Å². The zero-order valence-electron chi connectivity index (χ0n) is 9.44. The number of rotatable bonds is 6. The second-order valence-electron chi connectivity index (χ2n) is 3.68. The number of nitrogens with one attached hydrogen (secondary N) is 1. The van der Waals surface area contributed by atoms with E-state index >= 15 is 0 Å². The van der Waals surface area contributed by atoms with Crippen molar-refractivity contribution in [3.63, 3.8) is 0 Å². The lowest BCUT2D eigenvalue weighted by Crippen LogP contribution is -2.17. The molecule has 0 radical (unpaired) electrons. The number of hydrogen-bond acceptors (Lipinski definition) is 2. The first-order valence-electron chi connectivity index (χ1n) is 5.34. The third-order valence-electron chi connectivity index (χ3n) is 2.20. The van der Waals surface area contributed by atoms with Crippen molar-refractivity contribution in [3.05, 3.63) is 47.5 Å². The first-order chi connectivity index (χ1) is 7.68. The minimum atomic E-state index is -0.902. The Bertz CT molecular complexity index is 372. The van der Waals surface area contributed by atoms with Crippen molar-refractivity contribution in [1.82, 2.24) is 5.32 Å². The Hall–Kier alpha value is -1.61. The van der Waals surface area contributed by atoms with Crippen LogP contribution in [0.5, 0.6) is 0 Å². The van der Waals surface area contributed by atoms with E-state index < -0.39 is 5.97 Å². The normalized spacial score (nSPS) is 10.8. The largest absolute Gasteiger partial charge is 0.478 e. The summed E-state index contributed by atoms with van der Waals surface area (Å²) in [6.07, 6.45) is 3.72. The van der Waals surface area contributed by atoms with Gasteiger partial charge in [0.2, 0.25) is 0 Å². The fraction of sp³-hybridized carbons (Fsp3) is 0.308. The highest BCUT2D eigenvalue weighted by molar-refractivity contribution is 5.79. The molecule has 0 aromatic heterocycles. The molecule has 0 aliphatic carbocycles. The molecular weight excluding hydrogens is 202 g/mol. The molecule has 0 bridgehead atoms. The molecule has 1 aromatic rings. The van der Waals surface area contributed by atoms with E-state index in [1.54, 1.807) is 6.08 Å². The molecule has 3 heteroatoms. The quantitative estimate of drug-likeness (QED) is 0.566. The first kappa shape index (κ1) is 12.5. The van der Waals surface area contributed by atoms with E-state index in [2.05, 4.69) is 36.5 Å². The van der Waals surface area contributed by atoms with Crippen LogP contribution in [0.15, 0.2) is 36.4 Å². The highest BCUT2D eigenvalue weighted by atomic mass is 16.4. The minimum Gasteiger partial charge on any atom is -0.478 e. The van der Waals surface area contributed by atoms with Crippen molar-refractivity contribution < 1.29 is 9.90 Å². The molecule has 0 spiro atoms. The molecule has 0 heterocycles. The van der Waals surface area contributed by atoms with Gasteiger partial charge in [0.05, 0.1) is 0 Å². The summed E-state index contributed by atoms with van der Waals surface area (Å²) in [6.45, 7) is 3.53. The van der Waals surface area contributed by atoms with Crippen LogP contribution in [0.25, 0.3) is 0 Å². The van der Waals surface area contributed by atoms with E-state index in [1.165, 1.54) is 11.1 Å². The fourth-order valence-corrected chi connectivity index (χ4v) is 1.45. The van der Waals surface area contributed by atoms with Gasteiger partial charge >= 0.3 is 5.97 Å². The van der Waals surface area contributed by atoms with E-state index in [0.717, 1.165) is 19.0 Å². The Morgan fingerprint density at radius 3 is 3.00 bits per heavy atom. The van der Waals surface area contributed by atoms with Crippen molar-refractivity contribution in [3.8, 4) is 0 Å². The highest BCUT2D eigenvalue weighted by Gasteiger charge is 1.92. The highest BCUT2D eigenvalue weighted by Crippen LogP contribution is 2.03. The van der Waals surface area contributed by atoms with Crippen LogP contribution < -0.4 is 5.32 Å². The predicted octanol–water partition coefficient (Wildman–Crippen LogP) is 1.77. The van der Waals surface area contributed by atoms with Gasteiger partial charge < -0.3 is 10.4 Å². The van der Waals surface area contributed by atoms with E-state index in [4.69, 9.17) is 5.11 Å². The Morgan fingerprint density at radius 1 is 1.50 bits per heavy atom. The number of aliphatic carboxylic acids is 1. The molecule has 0 fully saturated rings. The van der Waals surface area contributed by atoms with Gasteiger partial charge in [0, 0.05) is 12.6 Å². The summed E-state index contributed by atoms with van der Waals surface area (Å²) in [5.41, 5.74) is 2.57. The SMILES string of the molecule is Cc1cccc(CCNC/C=C/C(=O)O)c1. The van der Waals surface area contributed by atoms with Crippen molar-refractivity contribution >= 4 is 5.97 Å². The molecule has 0 aliphatic heterocycles. The van der Waals surface area contributed by atoms with Gasteiger partial charge in [-0.3, -0.25) is 0 Å². The van der Waals surface area contributed by atoms with Gasteiger partial charge in [-0.05, 0) is 25.5 Å². The van der Waals surface area contributed by atoms with Gasteiger partial charge in [0.1, 0.15) is 0 Å². The third kappa shape index (κ3) is 5.32. The number of carboxylic acids is 1. The maximum Gasteiger partial charge on any atom is 0.328 e. The van der Waals surface area contributed by atoms with Gasteiger partial charge in [-0.1, -0.05) is 35.9 Å². The van der Waals surface area contributed by atoms with Crippen LogP contribution in [0.1, 0.15) is 11.1 Å². The van der Waals surface area contributed by atoms with Gasteiger partial charge in [0.25, 0.3) is 0 Å². The van der Waals surface area contributed by atoms with E-state index in [0.29, 0.717) is 6.54 Å². The Balaban J connectivity index is 2.19. The summed E-state index contributed by atoms with van der Waals surface area (Å²) in [6, 6.07) is 8.39. The maximum absolute atomic E-state index is 10.2. The Labute approximate surface area is 95.8 Å². The average molecular weight is 219 g/mol. The van der Waals surface area contributed by atoms with Crippen molar-refractivity contribution in [2.24, 2.45) is 0 Å². The molecule has 2 N–H and O–H groups in total. The molecule has 0 atom stereocenters. The molecule has 0 aliphatic rings. The van der Waals surface area contributed by atoms with E-state index in [-0.39, 0.29) is 0 Å². The number of benzene rings is 1. The second-order valence-corrected chi connectivity index (χ2v) is 3.68. The smallest absolute Gasteiger partial charge is 0.328 e. The van der Waals surface area contributed by atoms with Crippen LogP contribution in [0.2, 0.25) is 0 Å². The third-order valence-corrected chi connectivity index (χ3v) is 2.20. The molecule has 16 heavy (non-hydrogen) atoms. The molecule has 3 nitrogen and oxygen atoms in total. The summed E-state index contributed by atoms with van der Waals surface area (Å²) in [4.78, 5) is 10.2. The summed E-state index contributed by atoms with van der Waals surface area (Å²) >= 11 is 0. The molecule has 0 saturated carbocycles. The molecule has 0 amide bonds. The second kappa shape index (κ2) is 6.80. The maximum atomic E-state index is 10.2. The van der Waals surface area contributed by atoms with E-state index in [1.807, 2.05) is 0 Å². The van der Waals surface area contributed by atoms with Gasteiger partial charge in [-0.25, -0.2) is 4.79 Å². The van der Waals surface area contributed by atoms with Crippen LogP contribution in [0.3, 0.4) is 0 Å². The van der Waals surface area contributed by atoms with Crippen LogP contribution >= 0.6 is 0 Å². The van der Waals surface area contributed by atoms with Gasteiger partial charge in [0.15, 0.2) is 0 Å². The van der Waals surface area contributed by atoms with E-state index in [9.17, 15) is 4.79 Å². The van der Waals surface area contributed by atoms with Crippen molar-refractivity contribution in [2.45, 2.75) is 13.3 Å². The lowest BCUT2D eigenvalue weighted by molar-refractivity contribution is -0.131. The summed E-state index contributed by atoms with van der Waals surface area (Å²) < 4.78 is 0. The van der Waals surface area contributed by atoms with Crippen LogP contribution in [-0.4, -0.2) is 24.2 Å². The van der Waals surface area contributed by atoms with Gasteiger partial charge in [-0.2, -0.15) is 0 Å². The molecule has 1 rings (SSSR count). The van der Waals surface area contributed by atoms with Crippen molar-refractivity contribution in [2.75, 3.05) is 13.1 Å². The topological polar surface area (TPSA) is 49.3 Å². The lowest BCUT2D eigenvalue weighted by Gasteiger charge is -2.03. The lowest BCUT2D eigenvalue weighted by atomic mass is 10.1.